The van der Waals surface area contributed by atoms with Crippen LogP contribution < -0.4 is 15.4 Å². The minimum atomic E-state index is -0.157. The van der Waals surface area contributed by atoms with Crippen molar-refractivity contribution in [1.29, 1.82) is 0 Å². The third-order valence-corrected chi connectivity index (χ3v) is 4.00. The molecule has 0 unspecified atom stereocenters. The Hall–Kier alpha value is -3.18. The van der Waals surface area contributed by atoms with E-state index in [0.717, 1.165) is 22.6 Å². The van der Waals surface area contributed by atoms with Crippen molar-refractivity contribution in [3.63, 3.8) is 0 Å². The maximum Gasteiger partial charge on any atom is 0.230 e. The first-order valence-corrected chi connectivity index (χ1v) is 9.01. The molecule has 0 atom stereocenters. The fourth-order valence-corrected chi connectivity index (χ4v) is 2.75. The average Bonchev–Trinajstić information content (AvgIpc) is 2.68. The molecule has 0 aliphatic carbocycles. The molecule has 136 valence electrons. The van der Waals surface area contributed by atoms with Gasteiger partial charge in [-0.05, 0) is 35.5 Å². The summed E-state index contributed by atoms with van der Waals surface area (Å²) >= 11 is 5.23. The predicted octanol–water partition coefficient (Wildman–Crippen LogP) is 4.32. The first-order valence-electron chi connectivity index (χ1n) is 8.60. The van der Waals surface area contributed by atoms with E-state index in [0.29, 0.717) is 6.61 Å². The second kappa shape index (κ2) is 9.50. The first-order chi connectivity index (χ1) is 13.2. The third-order valence-electron chi connectivity index (χ3n) is 3.80. The number of ether oxygens (including phenoxy) is 1. The van der Waals surface area contributed by atoms with Gasteiger partial charge in [0.1, 0.15) is 12.4 Å². The Balaban J connectivity index is 1.51. The van der Waals surface area contributed by atoms with Crippen molar-refractivity contribution in [2.45, 2.75) is 13.0 Å². The standard InChI is InChI=1S/C22H20N2O2S/c25-21(14-17-8-3-1-4-9-17)24-22(27)23-19-12-7-13-20(15-19)26-16-18-10-5-2-6-11-18/h1-13,15H,14,16H2,(H2,23,24,25,27). The van der Waals surface area contributed by atoms with Crippen molar-refractivity contribution >= 4 is 28.9 Å². The summed E-state index contributed by atoms with van der Waals surface area (Å²) in [6.45, 7) is 0.489. The number of amides is 1. The first kappa shape index (κ1) is 18.6. The van der Waals surface area contributed by atoms with Crippen molar-refractivity contribution < 1.29 is 9.53 Å². The molecule has 0 spiro atoms. The number of anilines is 1. The van der Waals surface area contributed by atoms with Gasteiger partial charge in [0, 0.05) is 11.8 Å². The molecule has 3 aromatic carbocycles. The van der Waals surface area contributed by atoms with E-state index in [1.807, 2.05) is 84.9 Å². The molecular formula is C22H20N2O2S. The molecule has 3 aromatic rings. The molecule has 2 N–H and O–H groups in total. The highest BCUT2D eigenvalue weighted by molar-refractivity contribution is 7.80. The minimum absolute atomic E-state index is 0.157. The number of carbonyl (C=O) groups is 1. The van der Waals surface area contributed by atoms with E-state index in [1.54, 1.807) is 0 Å². The van der Waals surface area contributed by atoms with Crippen LogP contribution in [0.1, 0.15) is 11.1 Å². The lowest BCUT2D eigenvalue weighted by molar-refractivity contribution is -0.119. The average molecular weight is 376 g/mol. The van der Waals surface area contributed by atoms with Gasteiger partial charge in [-0.2, -0.15) is 0 Å². The van der Waals surface area contributed by atoms with Crippen LogP contribution in [0, 0.1) is 0 Å². The van der Waals surface area contributed by atoms with Gasteiger partial charge < -0.3 is 15.4 Å². The zero-order chi connectivity index (χ0) is 18.9. The van der Waals surface area contributed by atoms with Gasteiger partial charge in [-0.1, -0.05) is 66.7 Å². The minimum Gasteiger partial charge on any atom is -0.489 e. The van der Waals surface area contributed by atoms with Gasteiger partial charge in [0.25, 0.3) is 0 Å². The second-order valence-corrected chi connectivity index (χ2v) is 6.38. The van der Waals surface area contributed by atoms with E-state index < -0.39 is 0 Å². The Kier molecular flexibility index (Phi) is 6.55. The van der Waals surface area contributed by atoms with E-state index in [-0.39, 0.29) is 17.4 Å². The molecule has 5 heteroatoms. The van der Waals surface area contributed by atoms with Crippen molar-refractivity contribution in [1.82, 2.24) is 5.32 Å². The van der Waals surface area contributed by atoms with Crippen LogP contribution in [0.25, 0.3) is 0 Å². The molecule has 1 amide bonds. The Morgan fingerprint density at radius 1 is 0.852 bits per heavy atom. The van der Waals surface area contributed by atoms with Gasteiger partial charge in [-0.15, -0.1) is 0 Å². The van der Waals surface area contributed by atoms with Gasteiger partial charge in [0.2, 0.25) is 5.91 Å². The largest absolute Gasteiger partial charge is 0.489 e. The maximum absolute atomic E-state index is 12.1. The lowest BCUT2D eigenvalue weighted by Gasteiger charge is -2.11. The van der Waals surface area contributed by atoms with Crippen molar-refractivity contribution in [2.24, 2.45) is 0 Å². The highest BCUT2D eigenvalue weighted by Crippen LogP contribution is 2.18. The summed E-state index contributed by atoms with van der Waals surface area (Å²) in [5.41, 5.74) is 2.79. The van der Waals surface area contributed by atoms with Gasteiger partial charge >= 0.3 is 0 Å². The number of hydrogen-bond acceptors (Lipinski definition) is 3. The monoisotopic (exact) mass is 376 g/mol. The van der Waals surface area contributed by atoms with Crippen LogP contribution in [0.2, 0.25) is 0 Å². The summed E-state index contributed by atoms with van der Waals surface area (Å²) in [5.74, 6) is 0.567. The van der Waals surface area contributed by atoms with E-state index in [9.17, 15) is 4.79 Å². The molecule has 0 radical (unpaired) electrons. The van der Waals surface area contributed by atoms with E-state index in [4.69, 9.17) is 17.0 Å². The summed E-state index contributed by atoms with van der Waals surface area (Å²) < 4.78 is 5.80. The Morgan fingerprint density at radius 3 is 2.22 bits per heavy atom. The van der Waals surface area contributed by atoms with Crippen LogP contribution in [-0.4, -0.2) is 11.0 Å². The zero-order valence-corrected chi connectivity index (χ0v) is 15.5. The fourth-order valence-electron chi connectivity index (χ4n) is 2.52. The van der Waals surface area contributed by atoms with Crippen LogP contribution in [0.15, 0.2) is 84.9 Å². The maximum atomic E-state index is 12.1. The molecule has 0 aromatic heterocycles. The molecule has 0 fully saturated rings. The van der Waals surface area contributed by atoms with Gasteiger partial charge in [-0.3, -0.25) is 4.79 Å². The summed E-state index contributed by atoms with van der Waals surface area (Å²) in [6.07, 6.45) is 0.281. The second-order valence-electron chi connectivity index (χ2n) is 5.97. The van der Waals surface area contributed by atoms with Gasteiger partial charge in [0.05, 0.1) is 6.42 Å². The molecular weight excluding hydrogens is 356 g/mol. The molecule has 0 heterocycles. The number of nitrogens with one attached hydrogen (secondary N) is 2. The van der Waals surface area contributed by atoms with Gasteiger partial charge in [0.15, 0.2) is 5.11 Å². The topological polar surface area (TPSA) is 50.4 Å². The van der Waals surface area contributed by atoms with Crippen molar-refractivity contribution in [2.75, 3.05) is 5.32 Å². The molecule has 0 saturated carbocycles. The number of thiocarbonyl (C=S) groups is 1. The SMILES string of the molecule is O=C(Cc1ccccc1)NC(=S)Nc1cccc(OCc2ccccc2)c1. The fraction of sp³-hybridized carbons (Fsp3) is 0.0909. The molecule has 0 aliphatic heterocycles. The molecule has 0 bridgehead atoms. The van der Waals surface area contributed by atoms with Crippen LogP contribution in [0.4, 0.5) is 5.69 Å². The molecule has 3 rings (SSSR count). The number of benzene rings is 3. The Morgan fingerprint density at radius 2 is 1.52 bits per heavy atom. The van der Waals surface area contributed by atoms with E-state index >= 15 is 0 Å². The van der Waals surface area contributed by atoms with Crippen LogP contribution >= 0.6 is 12.2 Å². The molecule has 4 nitrogen and oxygen atoms in total. The lowest BCUT2D eigenvalue weighted by atomic mass is 10.1. The van der Waals surface area contributed by atoms with E-state index in [2.05, 4.69) is 10.6 Å². The Bertz CT molecular complexity index is 898. The molecule has 0 saturated heterocycles. The van der Waals surface area contributed by atoms with Crippen molar-refractivity contribution in [3.05, 3.63) is 96.1 Å². The molecule has 27 heavy (non-hydrogen) atoms. The predicted molar refractivity (Wildman–Crippen MR) is 112 cm³/mol. The van der Waals surface area contributed by atoms with Crippen molar-refractivity contribution in [3.8, 4) is 5.75 Å². The summed E-state index contributed by atoms with van der Waals surface area (Å²) in [5, 5.41) is 5.97. The summed E-state index contributed by atoms with van der Waals surface area (Å²) in [4.78, 5) is 12.1. The van der Waals surface area contributed by atoms with Gasteiger partial charge in [-0.25, -0.2) is 0 Å². The third kappa shape index (κ3) is 6.24. The zero-order valence-electron chi connectivity index (χ0n) is 14.7. The number of hydrogen-bond donors (Lipinski definition) is 2. The smallest absolute Gasteiger partial charge is 0.230 e. The quantitative estimate of drug-likeness (QED) is 0.629. The Labute approximate surface area is 164 Å². The number of rotatable bonds is 6. The highest BCUT2D eigenvalue weighted by atomic mass is 32.1. The van der Waals surface area contributed by atoms with Crippen LogP contribution in [0.5, 0.6) is 5.75 Å². The van der Waals surface area contributed by atoms with Crippen LogP contribution in [0.3, 0.4) is 0 Å². The van der Waals surface area contributed by atoms with E-state index in [1.165, 1.54) is 0 Å². The number of carbonyl (C=O) groups excluding carboxylic acids is 1. The highest BCUT2D eigenvalue weighted by Gasteiger charge is 2.06. The lowest BCUT2D eigenvalue weighted by Crippen LogP contribution is -2.35. The van der Waals surface area contributed by atoms with Crippen LogP contribution in [-0.2, 0) is 17.8 Å². The normalized spacial score (nSPS) is 10.1. The molecule has 0 aliphatic rings. The summed E-state index contributed by atoms with van der Waals surface area (Å²) in [7, 11) is 0. The summed E-state index contributed by atoms with van der Waals surface area (Å²) in [6, 6.07) is 27.0.